The molecule has 2 atom stereocenters. The van der Waals surface area contributed by atoms with Crippen molar-refractivity contribution in [3.05, 3.63) is 0 Å². The van der Waals surface area contributed by atoms with Gasteiger partial charge in [0.25, 0.3) is 0 Å². The van der Waals surface area contributed by atoms with E-state index in [9.17, 15) is 14.4 Å². The maximum Gasteiger partial charge on any atom is 0.416 e. The third-order valence-electron chi connectivity index (χ3n) is 2.61. The first-order valence-corrected chi connectivity index (χ1v) is 5.29. The van der Waals surface area contributed by atoms with Gasteiger partial charge in [-0.2, -0.15) is 0 Å². The second-order valence-corrected chi connectivity index (χ2v) is 3.95. The van der Waals surface area contributed by atoms with Gasteiger partial charge in [0.1, 0.15) is 12.8 Å². The van der Waals surface area contributed by atoms with Gasteiger partial charge in [0, 0.05) is 12.3 Å². The fourth-order valence-corrected chi connectivity index (χ4v) is 1.68. The summed E-state index contributed by atoms with van der Waals surface area (Å²) >= 11 is 0. The molecule has 0 N–H and O–H groups in total. The Bertz CT molecular complexity index is 392. The molecule has 2 aliphatic rings. The Morgan fingerprint density at radius 2 is 2.41 bits per heavy atom. The molecule has 0 aromatic carbocycles. The van der Waals surface area contributed by atoms with Crippen LogP contribution in [0.5, 0.6) is 0 Å². The SMILES string of the molecule is C[C@@H](CC(=O)N1CCOC1=O)[C@@H]1N=CC(=O)O1. The standard InChI is InChI=1S/C10H12N2O5/c1-6(9-11-5-8(14)17-9)4-7(13)12-2-3-16-10(12)15/h5-6,9H,2-4H2,1H3/t6-,9+/m0/s1. The van der Waals surface area contributed by atoms with Crippen molar-refractivity contribution in [1.29, 1.82) is 0 Å². The van der Waals surface area contributed by atoms with Crippen molar-refractivity contribution in [2.45, 2.75) is 19.6 Å². The maximum atomic E-state index is 11.7. The topological polar surface area (TPSA) is 85.3 Å². The first-order valence-electron chi connectivity index (χ1n) is 5.29. The van der Waals surface area contributed by atoms with E-state index in [0.29, 0.717) is 0 Å². The summed E-state index contributed by atoms with van der Waals surface area (Å²) in [5.41, 5.74) is 0. The van der Waals surface area contributed by atoms with Crippen molar-refractivity contribution in [2.75, 3.05) is 13.2 Å². The summed E-state index contributed by atoms with van der Waals surface area (Å²) in [7, 11) is 0. The van der Waals surface area contributed by atoms with E-state index in [1.54, 1.807) is 6.92 Å². The van der Waals surface area contributed by atoms with Crippen LogP contribution in [0.25, 0.3) is 0 Å². The summed E-state index contributed by atoms with van der Waals surface area (Å²) in [6.45, 7) is 2.24. The fraction of sp³-hybridized carbons (Fsp3) is 0.600. The molecule has 17 heavy (non-hydrogen) atoms. The van der Waals surface area contributed by atoms with Crippen LogP contribution in [-0.2, 0) is 19.1 Å². The third kappa shape index (κ3) is 2.43. The molecule has 2 rings (SSSR count). The lowest BCUT2D eigenvalue weighted by Crippen LogP contribution is -2.34. The van der Waals surface area contributed by atoms with Crippen molar-refractivity contribution in [1.82, 2.24) is 4.90 Å². The van der Waals surface area contributed by atoms with E-state index in [0.717, 1.165) is 11.1 Å². The van der Waals surface area contributed by atoms with Gasteiger partial charge < -0.3 is 9.47 Å². The van der Waals surface area contributed by atoms with Gasteiger partial charge in [0.15, 0.2) is 6.23 Å². The Hall–Kier alpha value is -1.92. The van der Waals surface area contributed by atoms with E-state index in [1.807, 2.05) is 0 Å². The van der Waals surface area contributed by atoms with Crippen LogP contribution in [0.4, 0.5) is 4.79 Å². The highest BCUT2D eigenvalue weighted by Crippen LogP contribution is 2.18. The Morgan fingerprint density at radius 3 is 2.94 bits per heavy atom. The summed E-state index contributed by atoms with van der Waals surface area (Å²) in [6.07, 6.45) is -0.0700. The highest BCUT2D eigenvalue weighted by atomic mass is 16.6. The lowest BCUT2D eigenvalue weighted by Gasteiger charge is -2.17. The van der Waals surface area contributed by atoms with Crippen molar-refractivity contribution in [2.24, 2.45) is 10.9 Å². The first kappa shape index (κ1) is 11.6. The van der Waals surface area contributed by atoms with Gasteiger partial charge in [-0.3, -0.25) is 4.79 Å². The van der Waals surface area contributed by atoms with Crippen molar-refractivity contribution in [3.63, 3.8) is 0 Å². The second kappa shape index (κ2) is 4.52. The Morgan fingerprint density at radius 1 is 1.65 bits per heavy atom. The lowest BCUT2D eigenvalue weighted by molar-refractivity contribution is -0.141. The average Bonchev–Trinajstić information content (AvgIpc) is 2.86. The molecule has 2 amide bonds. The second-order valence-electron chi connectivity index (χ2n) is 3.95. The number of carbonyl (C=O) groups excluding carboxylic acids is 3. The molecule has 0 aromatic heterocycles. The predicted molar refractivity (Wildman–Crippen MR) is 55.2 cm³/mol. The molecule has 0 bridgehead atoms. The number of ether oxygens (including phenoxy) is 2. The zero-order chi connectivity index (χ0) is 12.4. The minimum Gasteiger partial charge on any atom is -0.447 e. The molecule has 2 aliphatic heterocycles. The molecule has 1 saturated heterocycles. The number of esters is 1. The number of hydrogen-bond acceptors (Lipinski definition) is 6. The van der Waals surface area contributed by atoms with Crippen LogP contribution in [0.15, 0.2) is 4.99 Å². The zero-order valence-electron chi connectivity index (χ0n) is 9.29. The number of cyclic esters (lactones) is 2. The molecule has 1 fully saturated rings. The minimum atomic E-state index is -0.634. The fourth-order valence-electron chi connectivity index (χ4n) is 1.68. The van der Waals surface area contributed by atoms with Gasteiger partial charge in [0.2, 0.25) is 5.91 Å². The predicted octanol–water partition coefficient (Wildman–Crippen LogP) is -0.0549. The van der Waals surface area contributed by atoms with E-state index in [1.165, 1.54) is 0 Å². The number of carbonyl (C=O) groups is 3. The monoisotopic (exact) mass is 240 g/mol. The molecule has 0 aromatic rings. The summed E-state index contributed by atoms with van der Waals surface area (Å²) in [6, 6.07) is 0. The Balaban J connectivity index is 1.88. The summed E-state index contributed by atoms with van der Waals surface area (Å²) in [4.78, 5) is 38.6. The average molecular weight is 240 g/mol. The van der Waals surface area contributed by atoms with Crippen LogP contribution in [0.3, 0.4) is 0 Å². The molecular weight excluding hydrogens is 228 g/mol. The quantitative estimate of drug-likeness (QED) is 0.645. The molecule has 0 radical (unpaired) electrons. The lowest BCUT2D eigenvalue weighted by atomic mass is 10.1. The van der Waals surface area contributed by atoms with Crippen LogP contribution in [-0.4, -0.2) is 48.5 Å². The van der Waals surface area contributed by atoms with Crippen molar-refractivity contribution in [3.8, 4) is 0 Å². The summed E-state index contributed by atoms with van der Waals surface area (Å²) in [5, 5.41) is 0. The number of nitrogens with zero attached hydrogens (tertiary/aromatic N) is 2. The highest BCUT2D eigenvalue weighted by molar-refractivity contribution is 6.24. The van der Waals surface area contributed by atoms with E-state index in [-0.39, 0.29) is 31.4 Å². The molecule has 0 spiro atoms. The van der Waals surface area contributed by atoms with Gasteiger partial charge >= 0.3 is 12.1 Å². The van der Waals surface area contributed by atoms with Gasteiger partial charge in [-0.05, 0) is 0 Å². The van der Waals surface area contributed by atoms with Crippen molar-refractivity contribution < 1.29 is 23.9 Å². The van der Waals surface area contributed by atoms with Crippen LogP contribution in [0, 0.1) is 5.92 Å². The number of hydrogen-bond donors (Lipinski definition) is 0. The zero-order valence-corrected chi connectivity index (χ0v) is 9.29. The molecule has 0 unspecified atom stereocenters. The van der Waals surface area contributed by atoms with Crippen molar-refractivity contribution >= 4 is 24.2 Å². The van der Waals surface area contributed by atoms with Gasteiger partial charge in [-0.25, -0.2) is 19.5 Å². The number of aliphatic imine (C=N–C) groups is 1. The van der Waals surface area contributed by atoms with Gasteiger partial charge in [0.05, 0.1) is 6.54 Å². The number of amides is 2. The number of imide groups is 1. The van der Waals surface area contributed by atoms with Gasteiger partial charge in [-0.1, -0.05) is 6.92 Å². The number of rotatable bonds is 3. The normalized spacial score (nSPS) is 24.8. The molecule has 0 aliphatic carbocycles. The van der Waals surface area contributed by atoms with Crippen LogP contribution >= 0.6 is 0 Å². The van der Waals surface area contributed by atoms with Crippen LogP contribution < -0.4 is 0 Å². The minimum absolute atomic E-state index is 0.0877. The van der Waals surface area contributed by atoms with E-state index in [2.05, 4.69) is 9.73 Å². The summed E-state index contributed by atoms with van der Waals surface area (Å²) in [5.74, 6) is -1.10. The Kier molecular flexibility index (Phi) is 3.08. The molecule has 2 heterocycles. The largest absolute Gasteiger partial charge is 0.447 e. The third-order valence-corrected chi connectivity index (χ3v) is 2.61. The van der Waals surface area contributed by atoms with E-state index >= 15 is 0 Å². The Labute approximate surface area is 97.4 Å². The molecule has 92 valence electrons. The van der Waals surface area contributed by atoms with Crippen LogP contribution in [0.1, 0.15) is 13.3 Å². The van der Waals surface area contributed by atoms with Gasteiger partial charge in [-0.15, -0.1) is 0 Å². The highest BCUT2D eigenvalue weighted by Gasteiger charge is 2.32. The summed E-state index contributed by atoms with van der Waals surface area (Å²) < 4.78 is 9.53. The van der Waals surface area contributed by atoms with E-state index in [4.69, 9.17) is 4.74 Å². The molecular formula is C10H12N2O5. The molecule has 7 heteroatoms. The van der Waals surface area contributed by atoms with E-state index < -0.39 is 18.3 Å². The smallest absolute Gasteiger partial charge is 0.416 e. The molecule has 7 nitrogen and oxygen atoms in total. The first-order chi connectivity index (χ1) is 8.08. The van der Waals surface area contributed by atoms with Crippen LogP contribution in [0.2, 0.25) is 0 Å². The molecule has 0 saturated carbocycles. The maximum absolute atomic E-state index is 11.7.